The Morgan fingerprint density at radius 2 is 1.16 bits per heavy atom. The van der Waals surface area contributed by atoms with E-state index in [9.17, 15) is 13.9 Å². The lowest BCUT2D eigenvalue weighted by Gasteiger charge is -2.21. The molecule has 0 aromatic rings. The number of carbonyl (C=O) groups is 1. The van der Waals surface area contributed by atoms with Gasteiger partial charge in [0.25, 0.3) is 0 Å². The Labute approximate surface area is 149 Å². The van der Waals surface area contributed by atoms with E-state index in [1.807, 2.05) is 0 Å². The van der Waals surface area contributed by atoms with Crippen LogP contribution in [0.15, 0.2) is 0 Å². The Morgan fingerprint density at radius 1 is 0.880 bits per heavy atom. The number of rotatable bonds is 12. The van der Waals surface area contributed by atoms with Gasteiger partial charge in [0.1, 0.15) is 6.04 Å². The highest BCUT2D eigenvalue weighted by atomic mass is 31.3. The highest BCUT2D eigenvalue weighted by Gasteiger charge is 2.39. The third-order valence-electron chi connectivity index (χ3n) is 2.35. The molecular formula is C13H31NO9P2. The molecule has 25 heavy (non-hydrogen) atoms. The van der Waals surface area contributed by atoms with E-state index in [1.165, 1.54) is 0 Å². The SMILES string of the molecule is CC(C)[C@H](N)C(=O)O.CCOP(=O)(OCC)OP(=O)(OCC)OCC. The van der Waals surface area contributed by atoms with Crippen LogP contribution in [0, 0.1) is 5.92 Å². The maximum Gasteiger partial charge on any atom is 0.483 e. The summed E-state index contributed by atoms with van der Waals surface area (Å²) in [6.07, 6.45) is 0. The van der Waals surface area contributed by atoms with Crippen molar-refractivity contribution in [2.75, 3.05) is 26.4 Å². The lowest BCUT2D eigenvalue weighted by atomic mass is 10.1. The summed E-state index contributed by atoms with van der Waals surface area (Å²) in [5.41, 5.74) is 5.16. The van der Waals surface area contributed by atoms with Gasteiger partial charge in [-0.15, -0.1) is 0 Å². The van der Waals surface area contributed by atoms with Crippen LogP contribution in [0.5, 0.6) is 0 Å². The predicted octanol–water partition coefficient (Wildman–Crippen LogP) is 3.42. The average molecular weight is 407 g/mol. The fourth-order valence-corrected chi connectivity index (χ4v) is 4.36. The zero-order chi connectivity index (χ0) is 20.1. The molecule has 0 bridgehead atoms. The van der Waals surface area contributed by atoms with Gasteiger partial charge in [0.05, 0.1) is 26.4 Å². The van der Waals surface area contributed by atoms with Gasteiger partial charge in [-0.2, -0.15) is 4.31 Å². The van der Waals surface area contributed by atoms with Gasteiger partial charge in [0, 0.05) is 0 Å². The van der Waals surface area contributed by atoms with Crippen molar-refractivity contribution in [1.82, 2.24) is 0 Å². The first kappa shape index (κ1) is 26.9. The monoisotopic (exact) mass is 407 g/mol. The molecule has 0 aromatic carbocycles. The summed E-state index contributed by atoms with van der Waals surface area (Å²) in [4.78, 5) is 10.0. The molecule has 0 saturated carbocycles. The third kappa shape index (κ3) is 12.6. The van der Waals surface area contributed by atoms with Crippen molar-refractivity contribution >= 4 is 21.6 Å². The number of carboxylic acids is 1. The largest absolute Gasteiger partial charge is 0.483 e. The van der Waals surface area contributed by atoms with Crippen molar-refractivity contribution in [3.8, 4) is 0 Å². The van der Waals surface area contributed by atoms with Gasteiger partial charge >= 0.3 is 21.6 Å². The van der Waals surface area contributed by atoms with Crippen molar-refractivity contribution < 1.29 is 41.4 Å². The second kappa shape index (κ2) is 13.8. The Balaban J connectivity index is 0. The van der Waals surface area contributed by atoms with Crippen molar-refractivity contribution in [3.05, 3.63) is 0 Å². The summed E-state index contributed by atoms with van der Waals surface area (Å²) in [5, 5.41) is 8.23. The Hall–Kier alpha value is -0.310. The molecule has 0 aromatic heterocycles. The van der Waals surface area contributed by atoms with Gasteiger partial charge in [-0.1, -0.05) is 13.8 Å². The zero-order valence-electron chi connectivity index (χ0n) is 15.7. The molecule has 0 unspecified atom stereocenters. The Morgan fingerprint density at radius 3 is 1.28 bits per heavy atom. The molecular weight excluding hydrogens is 376 g/mol. The Kier molecular flexibility index (Phi) is 14.9. The molecule has 0 amide bonds. The van der Waals surface area contributed by atoms with E-state index >= 15 is 0 Å². The van der Waals surface area contributed by atoms with E-state index in [4.69, 9.17) is 33.2 Å². The van der Waals surface area contributed by atoms with Gasteiger partial charge in [-0.25, -0.2) is 9.13 Å². The summed E-state index contributed by atoms with van der Waals surface area (Å²) in [7, 11) is -7.83. The molecule has 3 N–H and O–H groups in total. The van der Waals surface area contributed by atoms with E-state index in [1.54, 1.807) is 41.5 Å². The quantitative estimate of drug-likeness (QED) is 0.462. The van der Waals surface area contributed by atoms with E-state index in [0.717, 1.165) is 0 Å². The maximum atomic E-state index is 12.0. The van der Waals surface area contributed by atoms with E-state index in [0.29, 0.717) is 0 Å². The third-order valence-corrected chi connectivity index (χ3v) is 6.25. The first-order valence-electron chi connectivity index (χ1n) is 7.98. The highest BCUT2D eigenvalue weighted by Crippen LogP contribution is 2.65. The van der Waals surface area contributed by atoms with Gasteiger partial charge in [-0.05, 0) is 33.6 Å². The first-order valence-corrected chi connectivity index (χ1v) is 10.9. The maximum absolute atomic E-state index is 12.0. The molecule has 0 heterocycles. The number of aliphatic carboxylic acids is 1. The molecule has 0 spiro atoms. The molecule has 12 heteroatoms. The number of nitrogens with two attached hydrogens (primary N) is 1. The summed E-state index contributed by atoms with van der Waals surface area (Å²) >= 11 is 0. The number of carboxylic acid groups (broad SMARTS) is 1. The summed E-state index contributed by atoms with van der Waals surface area (Å²) in [5.74, 6) is -0.910. The van der Waals surface area contributed by atoms with Crippen LogP contribution < -0.4 is 5.73 Å². The van der Waals surface area contributed by atoms with Crippen LogP contribution in [-0.2, 0) is 36.3 Å². The molecule has 0 radical (unpaired) electrons. The summed E-state index contributed by atoms with van der Waals surface area (Å²) in [6, 6.07) is -0.713. The Bertz CT molecular complexity index is 411. The molecule has 10 nitrogen and oxygen atoms in total. The van der Waals surface area contributed by atoms with Gasteiger partial charge in [0.2, 0.25) is 0 Å². The number of hydrogen-bond acceptors (Lipinski definition) is 9. The van der Waals surface area contributed by atoms with Crippen molar-refractivity contribution in [3.63, 3.8) is 0 Å². The zero-order valence-corrected chi connectivity index (χ0v) is 17.5. The van der Waals surface area contributed by atoms with Crippen LogP contribution in [0.4, 0.5) is 0 Å². The van der Waals surface area contributed by atoms with Gasteiger partial charge in [-0.3, -0.25) is 22.9 Å². The molecule has 0 rings (SSSR count). The van der Waals surface area contributed by atoms with Crippen LogP contribution in [-0.4, -0.2) is 43.5 Å². The number of hydrogen-bond donors (Lipinski definition) is 2. The lowest BCUT2D eigenvalue weighted by Crippen LogP contribution is -2.34. The average Bonchev–Trinajstić information content (AvgIpc) is 2.47. The van der Waals surface area contributed by atoms with Crippen molar-refractivity contribution in [2.24, 2.45) is 11.7 Å². The van der Waals surface area contributed by atoms with Gasteiger partial charge in [0.15, 0.2) is 0 Å². The summed E-state index contributed by atoms with van der Waals surface area (Å²) < 4.78 is 48.1. The second-order valence-corrected chi connectivity index (χ2v) is 8.23. The molecule has 0 aliphatic carbocycles. The van der Waals surface area contributed by atoms with Crippen LogP contribution >= 0.6 is 15.6 Å². The minimum atomic E-state index is -3.91. The first-order chi connectivity index (χ1) is 11.5. The van der Waals surface area contributed by atoms with E-state index in [-0.39, 0.29) is 32.3 Å². The smallest absolute Gasteiger partial charge is 0.480 e. The minimum absolute atomic E-state index is 0.0208. The lowest BCUT2D eigenvalue weighted by molar-refractivity contribution is -0.139. The number of phosphoric ester groups is 2. The standard InChI is InChI=1S/C8H20O7P2.C5H11NO2/c1-5-11-16(9,12-6-2)15-17(10,13-7-3)14-8-4;1-3(2)4(6)5(7)8/h5-8H2,1-4H3;3-4H,6H2,1-2H3,(H,7,8)/t;4-/m.0/s1. The topological polar surface area (TPSA) is 144 Å². The molecule has 0 saturated heterocycles. The van der Waals surface area contributed by atoms with E-state index < -0.39 is 27.7 Å². The normalized spacial score (nSPS) is 13.3. The predicted molar refractivity (Wildman–Crippen MR) is 93.3 cm³/mol. The van der Waals surface area contributed by atoms with Crippen LogP contribution in [0.25, 0.3) is 0 Å². The highest BCUT2D eigenvalue weighted by molar-refractivity contribution is 7.62. The summed E-state index contributed by atoms with van der Waals surface area (Å²) in [6.45, 7) is 10.4. The molecule has 1 atom stereocenters. The number of phosphoric acid groups is 2. The molecule has 152 valence electrons. The molecule has 0 aliphatic heterocycles. The van der Waals surface area contributed by atoms with E-state index in [2.05, 4.69) is 0 Å². The fourth-order valence-electron chi connectivity index (χ4n) is 1.21. The minimum Gasteiger partial charge on any atom is -0.480 e. The van der Waals surface area contributed by atoms with Crippen LogP contribution in [0.3, 0.4) is 0 Å². The van der Waals surface area contributed by atoms with Crippen molar-refractivity contribution in [2.45, 2.75) is 47.6 Å². The van der Waals surface area contributed by atoms with Gasteiger partial charge < -0.3 is 10.8 Å². The second-order valence-electron chi connectivity index (χ2n) is 4.76. The van der Waals surface area contributed by atoms with Crippen LogP contribution in [0.2, 0.25) is 0 Å². The molecule has 0 aliphatic rings. The fraction of sp³-hybridized carbons (Fsp3) is 0.923. The van der Waals surface area contributed by atoms with Crippen LogP contribution in [0.1, 0.15) is 41.5 Å². The van der Waals surface area contributed by atoms with Crippen molar-refractivity contribution in [1.29, 1.82) is 0 Å². The molecule has 0 fully saturated rings.